The summed E-state index contributed by atoms with van der Waals surface area (Å²) in [4.78, 5) is 12.5. The van der Waals surface area contributed by atoms with Gasteiger partial charge in [0, 0.05) is 18.3 Å². The van der Waals surface area contributed by atoms with Gasteiger partial charge in [0.1, 0.15) is 18.1 Å². The summed E-state index contributed by atoms with van der Waals surface area (Å²) in [6.07, 6.45) is 1.33. The van der Waals surface area contributed by atoms with E-state index in [-0.39, 0.29) is 11.9 Å². The molecule has 156 valence electrons. The number of aryl methyl sites for hydroxylation is 2. The van der Waals surface area contributed by atoms with Gasteiger partial charge in [-0.25, -0.2) is 0 Å². The number of hydrogen-bond donors (Lipinski definition) is 3. The number of carbonyl (C=O) groups is 1. The molecule has 7 nitrogen and oxygen atoms in total. The molecule has 0 saturated carbocycles. The Balaban J connectivity index is 1.31. The molecule has 2 aromatic carbocycles. The lowest BCUT2D eigenvalue weighted by atomic mass is 10.0. The van der Waals surface area contributed by atoms with Crippen LogP contribution in [-0.2, 0) is 17.8 Å². The van der Waals surface area contributed by atoms with Crippen molar-refractivity contribution in [3.05, 3.63) is 76.7 Å². The van der Waals surface area contributed by atoms with Crippen molar-refractivity contribution in [2.45, 2.75) is 39.3 Å². The normalized spacial score (nSPS) is 15.9. The Morgan fingerprint density at radius 1 is 1.23 bits per heavy atom. The minimum Gasteiger partial charge on any atom is -0.489 e. The Hall–Kier alpha value is -3.16. The van der Waals surface area contributed by atoms with Gasteiger partial charge in [-0.1, -0.05) is 29.4 Å². The predicted octanol–water partition coefficient (Wildman–Crippen LogP) is 3.59. The fraction of sp³-hybridized carbons (Fsp3) is 0.304. The van der Waals surface area contributed by atoms with Gasteiger partial charge >= 0.3 is 0 Å². The van der Waals surface area contributed by atoms with Crippen LogP contribution in [0.4, 0.5) is 5.69 Å². The molecule has 7 heteroatoms. The van der Waals surface area contributed by atoms with Gasteiger partial charge in [0.15, 0.2) is 0 Å². The van der Waals surface area contributed by atoms with E-state index in [1.807, 2.05) is 56.3 Å². The van der Waals surface area contributed by atoms with Gasteiger partial charge < -0.3 is 14.6 Å². The van der Waals surface area contributed by atoms with Crippen molar-refractivity contribution in [3.8, 4) is 5.75 Å². The van der Waals surface area contributed by atoms with Crippen LogP contribution in [0.25, 0.3) is 0 Å². The van der Waals surface area contributed by atoms with E-state index in [9.17, 15) is 4.79 Å². The molecule has 1 aliphatic heterocycles. The van der Waals surface area contributed by atoms with Crippen LogP contribution in [0.15, 0.2) is 53.1 Å². The lowest BCUT2D eigenvalue weighted by Crippen LogP contribution is -2.24. The molecule has 30 heavy (non-hydrogen) atoms. The van der Waals surface area contributed by atoms with Crippen molar-refractivity contribution >= 4 is 11.6 Å². The number of carbonyl (C=O) groups excluding carboxylic acids is 1. The fourth-order valence-corrected chi connectivity index (χ4v) is 3.52. The first kappa shape index (κ1) is 20.1. The monoisotopic (exact) mass is 406 g/mol. The van der Waals surface area contributed by atoms with Crippen molar-refractivity contribution in [2.75, 3.05) is 11.9 Å². The maximum absolute atomic E-state index is 12.5. The van der Waals surface area contributed by atoms with Crippen LogP contribution in [-0.4, -0.2) is 17.6 Å². The Kier molecular flexibility index (Phi) is 6.11. The van der Waals surface area contributed by atoms with Gasteiger partial charge in [-0.15, -0.1) is 0 Å². The molecule has 0 aliphatic carbocycles. The third kappa shape index (κ3) is 4.87. The molecule has 1 saturated heterocycles. The number of ether oxygens (including phenoxy) is 1. The number of hydrogen-bond acceptors (Lipinski definition) is 6. The van der Waals surface area contributed by atoms with Crippen molar-refractivity contribution in [1.82, 2.24) is 16.0 Å². The van der Waals surface area contributed by atoms with Crippen LogP contribution in [0.5, 0.6) is 5.75 Å². The zero-order chi connectivity index (χ0) is 20.9. The molecule has 1 amide bonds. The fourth-order valence-electron chi connectivity index (χ4n) is 3.52. The van der Waals surface area contributed by atoms with E-state index >= 15 is 0 Å². The smallest absolute Gasteiger partial charge is 0.228 e. The SMILES string of the molecule is Cc1noc(C)c1COc1ccc(CC(=O)Nc2cccc(C3CCNN3)c2)cc1. The quantitative estimate of drug-likeness (QED) is 0.556. The topological polar surface area (TPSA) is 88.4 Å². The zero-order valence-corrected chi connectivity index (χ0v) is 17.2. The zero-order valence-electron chi connectivity index (χ0n) is 17.2. The number of benzene rings is 2. The second-order valence-electron chi connectivity index (χ2n) is 7.50. The lowest BCUT2D eigenvalue weighted by molar-refractivity contribution is -0.115. The highest BCUT2D eigenvalue weighted by atomic mass is 16.5. The molecule has 1 unspecified atom stereocenters. The standard InChI is InChI=1S/C23H26N4O3/c1-15-21(16(2)30-27-15)14-29-20-8-6-17(7-9-20)12-23(28)25-19-5-3-4-18(13-19)22-10-11-24-26-22/h3-9,13,22,24,26H,10-12,14H2,1-2H3,(H,25,28). The largest absolute Gasteiger partial charge is 0.489 e. The number of amides is 1. The Labute approximate surface area is 175 Å². The van der Waals surface area contributed by atoms with Gasteiger partial charge in [0.05, 0.1) is 17.7 Å². The number of hydrazine groups is 1. The van der Waals surface area contributed by atoms with Gasteiger partial charge in [0.25, 0.3) is 0 Å². The van der Waals surface area contributed by atoms with Crippen molar-refractivity contribution in [3.63, 3.8) is 0 Å². The van der Waals surface area contributed by atoms with Crippen LogP contribution in [0.3, 0.4) is 0 Å². The molecular formula is C23H26N4O3. The molecule has 2 heterocycles. The molecule has 3 aromatic rings. The Morgan fingerprint density at radius 3 is 2.77 bits per heavy atom. The maximum Gasteiger partial charge on any atom is 0.228 e. The molecule has 1 fully saturated rings. The van der Waals surface area contributed by atoms with Gasteiger partial charge in [-0.05, 0) is 55.7 Å². The van der Waals surface area contributed by atoms with E-state index in [4.69, 9.17) is 9.26 Å². The van der Waals surface area contributed by atoms with E-state index in [1.165, 1.54) is 0 Å². The van der Waals surface area contributed by atoms with Crippen LogP contribution < -0.4 is 20.9 Å². The highest BCUT2D eigenvalue weighted by Gasteiger charge is 2.16. The summed E-state index contributed by atoms with van der Waals surface area (Å²) in [6.45, 7) is 5.12. The summed E-state index contributed by atoms with van der Waals surface area (Å²) in [5, 5.41) is 6.92. The van der Waals surface area contributed by atoms with E-state index in [0.29, 0.717) is 13.0 Å². The molecule has 0 spiro atoms. The second-order valence-corrected chi connectivity index (χ2v) is 7.50. The average molecular weight is 406 g/mol. The molecule has 1 atom stereocenters. The summed E-state index contributed by atoms with van der Waals surface area (Å²) in [5.74, 6) is 1.46. The van der Waals surface area contributed by atoms with Crippen LogP contribution in [0, 0.1) is 13.8 Å². The van der Waals surface area contributed by atoms with E-state index in [1.54, 1.807) is 0 Å². The molecule has 0 radical (unpaired) electrons. The minimum atomic E-state index is -0.0472. The summed E-state index contributed by atoms with van der Waals surface area (Å²) in [6, 6.07) is 15.8. The Bertz CT molecular complexity index is 988. The van der Waals surface area contributed by atoms with E-state index in [2.05, 4.69) is 27.4 Å². The summed E-state index contributed by atoms with van der Waals surface area (Å²) in [5.41, 5.74) is 11.1. The maximum atomic E-state index is 12.5. The van der Waals surface area contributed by atoms with E-state index < -0.39 is 0 Å². The third-order valence-corrected chi connectivity index (χ3v) is 5.26. The van der Waals surface area contributed by atoms with Gasteiger partial charge in [-0.3, -0.25) is 15.6 Å². The number of aromatic nitrogens is 1. The summed E-state index contributed by atoms with van der Waals surface area (Å²) in [7, 11) is 0. The number of anilines is 1. The summed E-state index contributed by atoms with van der Waals surface area (Å²) >= 11 is 0. The number of rotatable bonds is 7. The molecular weight excluding hydrogens is 380 g/mol. The number of nitrogens with zero attached hydrogens (tertiary/aromatic N) is 1. The molecule has 4 rings (SSSR count). The first-order chi connectivity index (χ1) is 14.6. The van der Waals surface area contributed by atoms with Crippen LogP contribution in [0.2, 0.25) is 0 Å². The minimum absolute atomic E-state index is 0.0472. The van der Waals surface area contributed by atoms with Gasteiger partial charge in [0.2, 0.25) is 5.91 Å². The van der Waals surface area contributed by atoms with Crippen LogP contribution in [0.1, 0.15) is 40.6 Å². The molecule has 0 bridgehead atoms. The first-order valence-electron chi connectivity index (χ1n) is 10.1. The van der Waals surface area contributed by atoms with Crippen molar-refractivity contribution in [2.24, 2.45) is 0 Å². The second kappa shape index (κ2) is 9.11. The van der Waals surface area contributed by atoms with E-state index in [0.717, 1.165) is 52.5 Å². The average Bonchev–Trinajstić information content (AvgIpc) is 3.38. The summed E-state index contributed by atoms with van der Waals surface area (Å²) < 4.78 is 11.0. The lowest BCUT2D eigenvalue weighted by Gasteiger charge is -2.12. The van der Waals surface area contributed by atoms with Crippen molar-refractivity contribution in [1.29, 1.82) is 0 Å². The Morgan fingerprint density at radius 2 is 2.07 bits per heavy atom. The first-order valence-corrected chi connectivity index (χ1v) is 10.1. The third-order valence-electron chi connectivity index (χ3n) is 5.26. The predicted molar refractivity (Wildman–Crippen MR) is 114 cm³/mol. The van der Waals surface area contributed by atoms with Gasteiger partial charge in [-0.2, -0.15) is 0 Å². The molecule has 3 N–H and O–H groups in total. The molecule has 1 aliphatic rings. The van der Waals surface area contributed by atoms with Crippen LogP contribution >= 0.6 is 0 Å². The number of nitrogens with one attached hydrogen (secondary N) is 3. The van der Waals surface area contributed by atoms with Crippen molar-refractivity contribution < 1.29 is 14.1 Å². The molecule has 1 aromatic heterocycles. The highest BCUT2D eigenvalue weighted by Crippen LogP contribution is 2.22. The highest BCUT2D eigenvalue weighted by molar-refractivity contribution is 5.92.